The van der Waals surface area contributed by atoms with Gasteiger partial charge in [0.2, 0.25) is 0 Å². The molecule has 5 nitrogen and oxygen atoms in total. The quantitative estimate of drug-likeness (QED) is 0.647. The molecular formula is C14H16N2O3. The molecule has 0 unspecified atom stereocenters. The summed E-state index contributed by atoms with van der Waals surface area (Å²) in [4.78, 5) is 11.7. The zero-order valence-corrected chi connectivity index (χ0v) is 10.8. The second-order valence-electron chi connectivity index (χ2n) is 4.84. The number of benzene rings is 1. The molecule has 19 heavy (non-hydrogen) atoms. The summed E-state index contributed by atoms with van der Waals surface area (Å²) in [6.45, 7) is 0.425. The van der Waals surface area contributed by atoms with E-state index in [4.69, 9.17) is 20.5 Å². The standard InChI is InChI=1S/C14H16N2O3/c1-18-13(17)12-10(16)3-2-4-11(12)19-9-14(5-6-14)7-8-15/h2-4H,5-7,9,16H2,1H3. The van der Waals surface area contributed by atoms with Crippen LogP contribution < -0.4 is 10.5 Å². The van der Waals surface area contributed by atoms with Crippen LogP contribution in [-0.2, 0) is 4.74 Å². The minimum atomic E-state index is -0.516. The van der Waals surface area contributed by atoms with Crippen LogP contribution in [0, 0.1) is 16.7 Å². The van der Waals surface area contributed by atoms with E-state index >= 15 is 0 Å². The summed E-state index contributed by atoms with van der Waals surface area (Å²) < 4.78 is 10.4. The van der Waals surface area contributed by atoms with Gasteiger partial charge in [-0.25, -0.2) is 4.79 Å². The Hall–Kier alpha value is -2.22. The number of nitrogens with zero attached hydrogens (tertiary/aromatic N) is 1. The number of methoxy groups -OCH3 is 1. The minimum absolute atomic E-state index is 0.0489. The molecule has 2 N–H and O–H groups in total. The number of hydrogen-bond acceptors (Lipinski definition) is 5. The molecular weight excluding hydrogens is 244 g/mol. The maximum atomic E-state index is 11.7. The average molecular weight is 260 g/mol. The topological polar surface area (TPSA) is 85.3 Å². The fraction of sp³-hybridized carbons (Fsp3) is 0.429. The zero-order chi connectivity index (χ0) is 13.9. The van der Waals surface area contributed by atoms with Gasteiger partial charge < -0.3 is 15.2 Å². The number of rotatable bonds is 5. The lowest BCUT2D eigenvalue weighted by Crippen LogP contribution is -2.15. The molecule has 100 valence electrons. The van der Waals surface area contributed by atoms with Crippen LogP contribution in [0.2, 0.25) is 0 Å². The number of nitriles is 1. The van der Waals surface area contributed by atoms with E-state index in [1.165, 1.54) is 7.11 Å². The van der Waals surface area contributed by atoms with Crippen LogP contribution in [0.3, 0.4) is 0 Å². The molecule has 0 heterocycles. The van der Waals surface area contributed by atoms with Crippen molar-refractivity contribution in [3.05, 3.63) is 23.8 Å². The van der Waals surface area contributed by atoms with Crippen LogP contribution in [-0.4, -0.2) is 19.7 Å². The average Bonchev–Trinajstić information content (AvgIpc) is 3.16. The van der Waals surface area contributed by atoms with Gasteiger partial charge in [0.15, 0.2) is 0 Å². The summed E-state index contributed by atoms with van der Waals surface area (Å²) in [7, 11) is 1.30. The third kappa shape index (κ3) is 2.79. The molecule has 1 aromatic rings. The van der Waals surface area contributed by atoms with Crippen molar-refractivity contribution in [2.75, 3.05) is 19.5 Å². The summed E-state index contributed by atoms with van der Waals surface area (Å²) >= 11 is 0. The molecule has 1 aromatic carbocycles. The number of esters is 1. The van der Waals surface area contributed by atoms with Crippen LogP contribution in [0.4, 0.5) is 5.69 Å². The third-order valence-electron chi connectivity index (χ3n) is 3.39. The molecule has 0 radical (unpaired) electrons. The Bertz CT molecular complexity index is 530. The summed E-state index contributed by atoms with van der Waals surface area (Å²) in [5.74, 6) is -0.103. The molecule has 5 heteroatoms. The molecule has 0 saturated heterocycles. The van der Waals surface area contributed by atoms with E-state index in [-0.39, 0.29) is 11.0 Å². The molecule has 0 bridgehead atoms. The number of ether oxygens (including phenoxy) is 2. The van der Waals surface area contributed by atoms with Crippen molar-refractivity contribution in [1.82, 2.24) is 0 Å². The number of carbonyl (C=O) groups excluding carboxylic acids is 1. The summed E-state index contributed by atoms with van der Waals surface area (Å²) in [5, 5.41) is 8.76. The van der Waals surface area contributed by atoms with E-state index in [9.17, 15) is 4.79 Å². The van der Waals surface area contributed by atoms with E-state index in [0.717, 1.165) is 12.8 Å². The van der Waals surface area contributed by atoms with Crippen molar-refractivity contribution in [1.29, 1.82) is 5.26 Å². The van der Waals surface area contributed by atoms with Gasteiger partial charge in [-0.05, 0) is 25.0 Å². The maximum absolute atomic E-state index is 11.7. The number of nitrogens with two attached hydrogens (primary N) is 1. The Balaban J connectivity index is 2.15. The van der Waals surface area contributed by atoms with Gasteiger partial charge in [0.05, 0.1) is 19.8 Å². The normalized spacial score (nSPS) is 15.4. The van der Waals surface area contributed by atoms with Crippen molar-refractivity contribution in [3.8, 4) is 11.8 Å². The Labute approximate surface area is 111 Å². The van der Waals surface area contributed by atoms with Crippen molar-refractivity contribution in [2.45, 2.75) is 19.3 Å². The molecule has 0 aromatic heterocycles. The molecule has 2 rings (SSSR count). The van der Waals surface area contributed by atoms with E-state index in [2.05, 4.69) is 6.07 Å². The van der Waals surface area contributed by atoms with Gasteiger partial charge in [-0.2, -0.15) is 5.26 Å². The zero-order valence-electron chi connectivity index (χ0n) is 10.8. The van der Waals surface area contributed by atoms with Crippen LogP contribution in [0.5, 0.6) is 5.75 Å². The van der Waals surface area contributed by atoms with Crippen molar-refractivity contribution in [3.63, 3.8) is 0 Å². The van der Waals surface area contributed by atoms with Gasteiger partial charge in [-0.3, -0.25) is 0 Å². The van der Waals surface area contributed by atoms with Gasteiger partial charge in [-0.1, -0.05) is 6.07 Å². The fourth-order valence-corrected chi connectivity index (χ4v) is 1.94. The molecule has 1 saturated carbocycles. The fourth-order valence-electron chi connectivity index (χ4n) is 1.94. The van der Waals surface area contributed by atoms with Crippen molar-refractivity contribution < 1.29 is 14.3 Å². The molecule has 0 spiro atoms. The number of nitrogen functional groups attached to an aromatic ring is 1. The van der Waals surface area contributed by atoms with Gasteiger partial charge in [0.1, 0.15) is 11.3 Å². The van der Waals surface area contributed by atoms with Crippen LogP contribution in [0.15, 0.2) is 18.2 Å². The number of anilines is 1. The second-order valence-corrected chi connectivity index (χ2v) is 4.84. The first-order valence-electron chi connectivity index (χ1n) is 6.08. The highest BCUT2D eigenvalue weighted by atomic mass is 16.5. The molecule has 0 amide bonds. The maximum Gasteiger partial charge on any atom is 0.343 e. The Morgan fingerprint density at radius 3 is 2.84 bits per heavy atom. The predicted octanol–water partition coefficient (Wildman–Crippen LogP) is 2.13. The van der Waals surface area contributed by atoms with Gasteiger partial charge in [0, 0.05) is 17.5 Å². The second kappa shape index (κ2) is 5.19. The highest BCUT2D eigenvalue weighted by Crippen LogP contribution is 2.48. The lowest BCUT2D eigenvalue weighted by molar-refractivity contribution is 0.0596. The van der Waals surface area contributed by atoms with Gasteiger partial charge in [0.25, 0.3) is 0 Å². The number of hydrogen-bond donors (Lipinski definition) is 1. The number of carbonyl (C=O) groups is 1. The van der Waals surface area contributed by atoms with E-state index in [1.54, 1.807) is 18.2 Å². The van der Waals surface area contributed by atoms with E-state index in [1.807, 2.05) is 0 Å². The smallest absolute Gasteiger partial charge is 0.343 e. The lowest BCUT2D eigenvalue weighted by atomic mass is 10.1. The summed E-state index contributed by atoms with van der Waals surface area (Å²) in [6.07, 6.45) is 2.44. The van der Waals surface area contributed by atoms with E-state index < -0.39 is 5.97 Å². The van der Waals surface area contributed by atoms with Gasteiger partial charge in [-0.15, -0.1) is 0 Å². The Morgan fingerprint density at radius 2 is 2.26 bits per heavy atom. The van der Waals surface area contributed by atoms with E-state index in [0.29, 0.717) is 24.5 Å². The monoisotopic (exact) mass is 260 g/mol. The Kier molecular flexibility index (Phi) is 3.61. The first kappa shape index (κ1) is 13.2. The first-order chi connectivity index (χ1) is 9.12. The molecule has 1 fully saturated rings. The highest BCUT2D eigenvalue weighted by molar-refractivity contribution is 5.98. The van der Waals surface area contributed by atoms with Crippen LogP contribution >= 0.6 is 0 Å². The van der Waals surface area contributed by atoms with Gasteiger partial charge >= 0.3 is 5.97 Å². The molecule has 0 atom stereocenters. The Morgan fingerprint density at radius 1 is 1.53 bits per heavy atom. The SMILES string of the molecule is COC(=O)c1c(N)cccc1OCC1(CC#N)CC1. The molecule has 1 aliphatic carbocycles. The van der Waals surface area contributed by atoms with Crippen molar-refractivity contribution >= 4 is 11.7 Å². The molecule has 1 aliphatic rings. The largest absolute Gasteiger partial charge is 0.492 e. The van der Waals surface area contributed by atoms with Crippen LogP contribution in [0.25, 0.3) is 0 Å². The summed E-state index contributed by atoms with van der Waals surface area (Å²) in [5.41, 5.74) is 6.31. The highest BCUT2D eigenvalue weighted by Gasteiger charge is 2.43. The van der Waals surface area contributed by atoms with Crippen LogP contribution in [0.1, 0.15) is 29.6 Å². The summed E-state index contributed by atoms with van der Waals surface area (Å²) in [6, 6.07) is 7.21. The third-order valence-corrected chi connectivity index (χ3v) is 3.39. The first-order valence-corrected chi connectivity index (χ1v) is 6.08. The van der Waals surface area contributed by atoms with Crippen molar-refractivity contribution in [2.24, 2.45) is 5.41 Å². The minimum Gasteiger partial charge on any atom is -0.492 e. The molecule has 0 aliphatic heterocycles. The lowest BCUT2D eigenvalue weighted by Gasteiger charge is -2.16. The predicted molar refractivity (Wildman–Crippen MR) is 69.6 cm³/mol.